The highest BCUT2D eigenvalue weighted by Crippen LogP contribution is 2.28. The van der Waals surface area contributed by atoms with E-state index < -0.39 is 6.10 Å². The van der Waals surface area contributed by atoms with Crippen LogP contribution in [0, 0.1) is 0 Å². The van der Waals surface area contributed by atoms with Gasteiger partial charge in [-0.1, -0.05) is 28.0 Å². The van der Waals surface area contributed by atoms with Crippen molar-refractivity contribution in [3.8, 4) is 5.75 Å². The molecule has 1 aromatic carbocycles. The summed E-state index contributed by atoms with van der Waals surface area (Å²) in [6.07, 6.45) is 0.113. The quantitative estimate of drug-likeness (QED) is 0.914. The number of ether oxygens (including phenoxy) is 1. The Kier molecular flexibility index (Phi) is 4.55. The number of aryl methyl sites for hydroxylation is 1. The summed E-state index contributed by atoms with van der Waals surface area (Å²) < 4.78 is 11.6. The molecule has 1 N–H and O–H groups in total. The van der Waals surface area contributed by atoms with Gasteiger partial charge in [-0.2, -0.15) is 4.98 Å². The maximum atomic E-state index is 9.72. The van der Waals surface area contributed by atoms with Gasteiger partial charge < -0.3 is 14.4 Å². The molecule has 1 heterocycles. The number of rotatable bonds is 5. The van der Waals surface area contributed by atoms with Crippen LogP contribution in [0.1, 0.15) is 37.2 Å². The number of nitrogens with zero attached hydrogens (tertiary/aromatic N) is 2. The molecule has 19 heavy (non-hydrogen) atoms. The van der Waals surface area contributed by atoms with E-state index in [0.717, 1.165) is 10.9 Å². The Hall–Kier alpha value is -1.40. The van der Waals surface area contributed by atoms with Gasteiger partial charge in [0.15, 0.2) is 12.4 Å². The van der Waals surface area contributed by atoms with Crippen molar-refractivity contribution in [2.75, 3.05) is 0 Å². The van der Waals surface area contributed by atoms with E-state index in [0.29, 0.717) is 23.0 Å². The molecule has 0 spiro atoms. The van der Waals surface area contributed by atoms with Crippen LogP contribution in [0.4, 0.5) is 0 Å². The minimum absolute atomic E-state index is 0.189. The van der Waals surface area contributed by atoms with E-state index in [-0.39, 0.29) is 6.61 Å². The zero-order chi connectivity index (χ0) is 13.8. The summed E-state index contributed by atoms with van der Waals surface area (Å²) >= 11 is 3.37. The summed E-state index contributed by atoms with van der Waals surface area (Å²) in [5.74, 6) is 1.69. The maximum Gasteiger partial charge on any atom is 0.264 e. The standard InChI is InChI=1S/C13H15BrN2O3/c1-3-12-15-13(19-16-12)7-18-11-5-4-9(14)6-10(11)8(2)17/h4-6,8,17H,3,7H2,1-2H3/t8-/m1/s1. The minimum Gasteiger partial charge on any atom is -0.483 e. The molecule has 2 rings (SSSR count). The monoisotopic (exact) mass is 326 g/mol. The van der Waals surface area contributed by atoms with Crippen LogP contribution >= 0.6 is 15.9 Å². The second-order valence-electron chi connectivity index (χ2n) is 4.10. The molecule has 0 saturated carbocycles. The van der Waals surface area contributed by atoms with Crippen molar-refractivity contribution >= 4 is 15.9 Å². The van der Waals surface area contributed by atoms with Crippen LogP contribution in [-0.4, -0.2) is 15.2 Å². The third-order valence-electron chi connectivity index (χ3n) is 2.60. The molecule has 6 heteroatoms. The van der Waals surface area contributed by atoms with Crippen molar-refractivity contribution < 1.29 is 14.4 Å². The lowest BCUT2D eigenvalue weighted by Gasteiger charge is -2.12. The number of aromatic nitrogens is 2. The SMILES string of the molecule is CCc1noc(COc2ccc(Br)cc2[C@@H](C)O)n1. The van der Waals surface area contributed by atoms with Crippen LogP contribution in [0.2, 0.25) is 0 Å². The van der Waals surface area contributed by atoms with E-state index in [4.69, 9.17) is 9.26 Å². The van der Waals surface area contributed by atoms with E-state index >= 15 is 0 Å². The summed E-state index contributed by atoms with van der Waals surface area (Å²) in [6, 6.07) is 5.47. The van der Waals surface area contributed by atoms with Gasteiger partial charge in [0.25, 0.3) is 5.89 Å². The first-order valence-corrected chi connectivity index (χ1v) is 6.81. The average Bonchev–Trinajstić information content (AvgIpc) is 2.85. The Bertz CT molecular complexity index is 555. The van der Waals surface area contributed by atoms with Crippen LogP contribution < -0.4 is 4.74 Å². The molecular weight excluding hydrogens is 312 g/mol. The van der Waals surface area contributed by atoms with Gasteiger partial charge in [0.1, 0.15) is 5.75 Å². The maximum absolute atomic E-state index is 9.72. The summed E-state index contributed by atoms with van der Waals surface area (Å²) in [5, 5.41) is 13.5. The fourth-order valence-electron chi connectivity index (χ4n) is 1.61. The predicted molar refractivity (Wildman–Crippen MR) is 72.8 cm³/mol. The number of benzene rings is 1. The third-order valence-corrected chi connectivity index (χ3v) is 3.09. The Morgan fingerprint density at radius 3 is 2.89 bits per heavy atom. The van der Waals surface area contributed by atoms with Crippen LogP contribution in [0.25, 0.3) is 0 Å². The summed E-state index contributed by atoms with van der Waals surface area (Å²) in [6.45, 7) is 3.83. The van der Waals surface area contributed by atoms with Crippen molar-refractivity contribution in [3.63, 3.8) is 0 Å². The molecule has 0 aliphatic heterocycles. The highest BCUT2D eigenvalue weighted by molar-refractivity contribution is 9.10. The molecule has 0 unspecified atom stereocenters. The lowest BCUT2D eigenvalue weighted by Crippen LogP contribution is -2.01. The van der Waals surface area contributed by atoms with E-state index in [1.165, 1.54) is 0 Å². The lowest BCUT2D eigenvalue weighted by atomic mass is 10.1. The van der Waals surface area contributed by atoms with Gasteiger partial charge in [-0.15, -0.1) is 0 Å². The first kappa shape index (κ1) is 14.0. The van der Waals surface area contributed by atoms with Crippen LogP contribution in [-0.2, 0) is 13.0 Å². The Labute approximate surface area is 119 Å². The van der Waals surface area contributed by atoms with Crippen molar-refractivity contribution in [1.29, 1.82) is 0 Å². The third kappa shape index (κ3) is 3.54. The normalized spacial score (nSPS) is 12.4. The average molecular weight is 327 g/mol. The van der Waals surface area contributed by atoms with Crippen LogP contribution in [0.3, 0.4) is 0 Å². The highest BCUT2D eigenvalue weighted by atomic mass is 79.9. The van der Waals surface area contributed by atoms with Crippen molar-refractivity contribution in [2.24, 2.45) is 0 Å². The molecule has 0 fully saturated rings. The van der Waals surface area contributed by atoms with E-state index in [1.807, 2.05) is 19.1 Å². The second-order valence-corrected chi connectivity index (χ2v) is 5.02. The van der Waals surface area contributed by atoms with Gasteiger partial charge >= 0.3 is 0 Å². The van der Waals surface area contributed by atoms with Gasteiger partial charge in [0.2, 0.25) is 0 Å². The molecule has 0 radical (unpaired) electrons. The predicted octanol–water partition coefficient (Wildman–Crippen LogP) is 3.03. The molecule has 102 valence electrons. The topological polar surface area (TPSA) is 68.4 Å². The largest absolute Gasteiger partial charge is 0.483 e. The highest BCUT2D eigenvalue weighted by Gasteiger charge is 2.12. The fourth-order valence-corrected chi connectivity index (χ4v) is 1.99. The van der Waals surface area contributed by atoms with Gasteiger partial charge in [-0.25, -0.2) is 0 Å². The lowest BCUT2D eigenvalue weighted by molar-refractivity contribution is 0.185. The molecule has 0 bridgehead atoms. The molecule has 0 saturated heterocycles. The first-order valence-electron chi connectivity index (χ1n) is 6.02. The fraction of sp³-hybridized carbons (Fsp3) is 0.385. The summed E-state index contributed by atoms with van der Waals surface area (Å²) in [7, 11) is 0. The Morgan fingerprint density at radius 1 is 1.47 bits per heavy atom. The van der Waals surface area contributed by atoms with Crippen LogP contribution in [0.5, 0.6) is 5.75 Å². The van der Waals surface area contributed by atoms with Crippen molar-refractivity contribution in [2.45, 2.75) is 33.0 Å². The molecule has 5 nitrogen and oxygen atoms in total. The summed E-state index contributed by atoms with van der Waals surface area (Å²) in [5.41, 5.74) is 0.713. The Balaban J connectivity index is 2.10. The Morgan fingerprint density at radius 2 is 2.26 bits per heavy atom. The molecule has 0 aliphatic carbocycles. The number of hydrogen-bond acceptors (Lipinski definition) is 5. The molecular formula is C13H15BrN2O3. The van der Waals surface area contributed by atoms with Gasteiger partial charge in [-0.05, 0) is 25.1 Å². The van der Waals surface area contributed by atoms with Crippen LogP contribution in [0.15, 0.2) is 27.2 Å². The number of aliphatic hydroxyl groups is 1. The van der Waals surface area contributed by atoms with Crippen molar-refractivity contribution in [3.05, 3.63) is 40.0 Å². The molecule has 1 aromatic heterocycles. The van der Waals surface area contributed by atoms with Gasteiger partial charge in [-0.3, -0.25) is 0 Å². The first-order chi connectivity index (χ1) is 9.10. The zero-order valence-electron chi connectivity index (χ0n) is 10.8. The van der Waals surface area contributed by atoms with Gasteiger partial charge in [0.05, 0.1) is 6.10 Å². The number of hydrogen-bond donors (Lipinski definition) is 1. The van der Waals surface area contributed by atoms with E-state index in [2.05, 4.69) is 26.1 Å². The number of aliphatic hydroxyl groups excluding tert-OH is 1. The molecule has 0 amide bonds. The molecule has 0 aliphatic rings. The van der Waals surface area contributed by atoms with Gasteiger partial charge in [0, 0.05) is 16.5 Å². The zero-order valence-corrected chi connectivity index (χ0v) is 12.3. The summed E-state index contributed by atoms with van der Waals surface area (Å²) in [4.78, 5) is 4.16. The smallest absolute Gasteiger partial charge is 0.264 e. The molecule has 1 atom stereocenters. The van der Waals surface area contributed by atoms with Crippen molar-refractivity contribution in [1.82, 2.24) is 10.1 Å². The molecule has 2 aromatic rings. The minimum atomic E-state index is -0.610. The number of halogens is 1. The van der Waals surface area contributed by atoms with E-state index in [1.54, 1.807) is 13.0 Å². The van der Waals surface area contributed by atoms with E-state index in [9.17, 15) is 5.11 Å². The second kappa shape index (κ2) is 6.16.